The number of halogens is 3. The Bertz CT molecular complexity index is 554. The largest absolute Gasteiger partial charge is 0.425 e. The van der Waals surface area contributed by atoms with Gasteiger partial charge in [0.15, 0.2) is 5.82 Å². The smallest absolute Gasteiger partial charge is 0.388 e. The van der Waals surface area contributed by atoms with Gasteiger partial charge >= 0.3 is 6.18 Å². The molecule has 0 aromatic carbocycles. The normalized spacial score (nSPS) is 20.1. The zero-order valence-corrected chi connectivity index (χ0v) is 12.0. The SMILES string of the molecule is Cn1ccnc1C(O)(CC(=O)NCC1(O)CCC1)C(F)(F)F. The number of aliphatic hydroxyl groups is 2. The molecule has 1 fully saturated rings. The van der Waals surface area contributed by atoms with E-state index in [9.17, 15) is 28.2 Å². The molecule has 0 radical (unpaired) electrons. The van der Waals surface area contributed by atoms with E-state index in [1.807, 2.05) is 0 Å². The van der Waals surface area contributed by atoms with Gasteiger partial charge in [0, 0.05) is 26.0 Å². The van der Waals surface area contributed by atoms with E-state index in [-0.39, 0.29) is 6.54 Å². The predicted molar refractivity (Wildman–Crippen MR) is 69.6 cm³/mol. The first kappa shape index (κ1) is 16.8. The van der Waals surface area contributed by atoms with Gasteiger partial charge in [-0.15, -0.1) is 0 Å². The second-order valence-corrected chi connectivity index (χ2v) is 5.75. The summed E-state index contributed by atoms with van der Waals surface area (Å²) in [6.07, 6.45) is -2.10. The number of aromatic nitrogens is 2. The van der Waals surface area contributed by atoms with E-state index in [4.69, 9.17) is 0 Å². The summed E-state index contributed by atoms with van der Waals surface area (Å²) in [5, 5.41) is 22.1. The van der Waals surface area contributed by atoms with Crippen molar-refractivity contribution in [3.63, 3.8) is 0 Å². The lowest BCUT2D eigenvalue weighted by Crippen LogP contribution is -2.51. The van der Waals surface area contributed by atoms with Crippen molar-refractivity contribution < 1.29 is 28.2 Å². The number of carbonyl (C=O) groups is 1. The van der Waals surface area contributed by atoms with Crippen molar-refractivity contribution in [2.75, 3.05) is 6.54 Å². The minimum atomic E-state index is -5.06. The summed E-state index contributed by atoms with van der Waals surface area (Å²) in [5.41, 5.74) is -4.42. The maximum atomic E-state index is 13.2. The number of hydrogen-bond acceptors (Lipinski definition) is 4. The Morgan fingerprint density at radius 1 is 1.50 bits per heavy atom. The predicted octanol–water partition coefficient (Wildman–Crippen LogP) is 0.591. The van der Waals surface area contributed by atoms with Gasteiger partial charge in [-0.3, -0.25) is 4.79 Å². The third-order valence-corrected chi connectivity index (χ3v) is 3.98. The molecule has 1 aliphatic carbocycles. The van der Waals surface area contributed by atoms with Crippen molar-refractivity contribution in [1.29, 1.82) is 0 Å². The van der Waals surface area contributed by atoms with Gasteiger partial charge in [0.1, 0.15) is 0 Å². The second kappa shape index (κ2) is 5.54. The molecule has 1 atom stereocenters. The minimum Gasteiger partial charge on any atom is -0.388 e. The monoisotopic (exact) mass is 321 g/mol. The summed E-state index contributed by atoms with van der Waals surface area (Å²) in [7, 11) is 1.30. The third kappa shape index (κ3) is 3.09. The lowest BCUT2D eigenvalue weighted by atomic mass is 9.80. The molecule has 1 heterocycles. The fourth-order valence-corrected chi connectivity index (χ4v) is 2.39. The first-order valence-corrected chi connectivity index (χ1v) is 6.83. The molecule has 1 aromatic rings. The van der Waals surface area contributed by atoms with Gasteiger partial charge in [0.25, 0.3) is 0 Å². The van der Waals surface area contributed by atoms with E-state index >= 15 is 0 Å². The number of aryl methyl sites for hydroxylation is 1. The van der Waals surface area contributed by atoms with Gasteiger partial charge in [-0.1, -0.05) is 0 Å². The molecule has 9 heteroatoms. The first-order chi connectivity index (χ1) is 10.1. The molecule has 3 N–H and O–H groups in total. The minimum absolute atomic E-state index is 0.125. The fourth-order valence-electron chi connectivity index (χ4n) is 2.39. The molecule has 6 nitrogen and oxygen atoms in total. The van der Waals surface area contributed by atoms with Crippen LogP contribution in [0.1, 0.15) is 31.5 Å². The molecule has 0 aliphatic heterocycles. The topological polar surface area (TPSA) is 87.4 Å². The molecule has 1 amide bonds. The zero-order chi connectivity index (χ0) is 16.6. The van der Waals surface area contributed by atoms with E-state index in [1.54, 1.807) is 0 Å². The van der Waals surface area contributed by atoms with Crippen LogP contribution in [0, 0.1) is 0 Å². The highest BCUT2D eigenvalue weighted by molar-refractivity contribution is 5.77. The first-order valence-electron chi connectivity index (χ1n) is 6.83. The number of amides is 1. The summed E-state index contributed by atoms with van der Waals surface area (Å²) < 4.78 is 40.7. The average molecular weight is 321 g/mol. The average Bonchev–Trinajstić information content (AvgIpc) is 2.79. The Morgan fingerprint density at radius 2 is 2.14 bits per heavy atom. The Labute approximate surface area is 125 Å². The van der Waals surface area contributed by atoms with Crippen molar-refractivity contribution in [2.45, 2.75) is 43.1 Å². The fraction of sp³-hybridized carbons (Fsp3) is 0.692. The lowest BCUT2D eigenvalue weighted by Gasteiger charge is -2.37. The number of rotatable bonds is 5. The number of nitrogens with one attached hydrogen (secondary N) is 1. The van der Waals surface area contributed by atoms with Crippen LogP contribution in [-0.2, 0) is 17.4 Å². The molecule has 1 aromatic heterocycles. The van der Waals surface area contributed by atoms with Gasteiger partial charge in [-0.25, -0.2) is 4.98 Å². The summed E-state index contributed by atoms with van der Waals surface area (Å²) in [6, 6.07) is 0. The Hall–Kier alpha value is -1.61. The summed E-state index contributed by atoms with van der Waals surface area (Å²) in [4.78, 5) is 15.3. The lowest BCUT2D eigenvalue weighted by molar-refractivity contribution is -0.271. The molecule has 1 saturated carbocycles. The van der Waals surface area contributed by atoms with Crippen LogP contribution in [0.5, 0.6) is 0 Å². The van der Waals surface area contributed by atoms with Crippen LogP contribution in [0.25, 0.3) is 0 Å². The third-order valence-electron chi connectivity index (χ3n) is 3.98. The Morgan fingerprint density at radius 3 is 2.55 bits per heavy atom. The number of alkyl halides is 3. The van der Waals surface area contributed by atoms with Crippen LogP contribution in [0.2, 0.25) is 0 Å². The standard InChI is InChI=1S/C13H18F3N3O3/c1-19-6-5-17-10(19)12(22,13(14,15)16)7-9(20)18-8-11(21)3-2-4-11/h5-6,21-22H,2-4,7-8H2,1H3,(H,18,20). The molecular formula is C13H18F3N3O3. The van der Waals surface area contributed by atoms with Crippen LogP contribution in [0.4, 0.5) is 13.2 Å². The maximum absolute atomic E-state index is 13.2. The molecule has 22 heavy (non-hydrogen) atoms. The Kier molecular flexibility index (Phi) is 4.22. The molecule has 2 rings (SSSR count). The van der Waals surface area contributed by atoms with Crippen molar-refractivity contribution in [1.82, 2.24) is 14.9 Å². The van der Waals surface area contributed by atoms with Crippen molar-refractivity contribution in [3.8, 4) is 0 Å². The molecule has 0 bridgehead atoms. The van der Waals surface area contributed by atoms with Crippen LogP contribution >= 0.6 is 0 Å². The highest BCUT2D eigenvalue weighted by Crippen LogP contribution is 2.40. The summed E-state index contributed by atoms with van der Waals surface area (Å²) in [5.74, 6) is -1.65. The van der Waals surface area contributed by atoms with E-state index in [2.05, 4.69) is 10.3 Å². The van der Waals surface area contributed by atoms with Crippen molar-refractivity contribution in [2.24, 2.45) is 7.05 Å². The molecule has 1 aliphatic rings. The van der Waals surface area contributed by atoms with Gasteiger partial charge in [0.05, 0.1) is 12.0 Å². The number of carbonyl (C=O) groups excluding carboxylic acids is 1. The second-order valence-electron chi connectivity index (χ2n) is 5.75. The van der Waals surface area contributed by atoms with E-state index < -0.39 is 35.5 Å². The Balaban J connectivity index is 2.10. The number of nitrogens with zero attached hydrogens (tertiary/aromatic N) is 2. The maximum Gasteiger partial charge on any atom is 0.425 e. The highest BCUT2D eigenvalue weighted by Gasteiger charge is 2.58. The summed E-state index contributed by atoms with van der Waals surface area (Å²) >= 11 is 0. The summed E-state index contributed by atoms with van der Waals surface area (Å²) in [6.45, 7) is -0.125. The van der Waals surface area contributed by atoms with Crippen LogP contribution in [-0.4, -0.2) is 44.0 Å². The van der Waals surface area contributed by atoms with Gasteiger partial charge in [-0.2, -0.15) is 13.2 Å². The molecule has 0 spiro atoms. The number of hydrogen-bond donors (Lipinski definition) is 3. The van der Waals surface area contributed by atoms with E-state index in [1.165, 1.54) is 13.2 Å². The molecule has 1 unspecified atom stereocenters. The van der Waals surface area contributed by atoms with E-state index in [0.29, 0.717) is 12.8 Å². The highest BCUT2D eigenvalue weighted by atomic mass is 19.4. The van der Waals surface area contributed by atoms with Gasteiger partial charge in [-0.05, 0) is 19.3 Å². The number of imidazole rings is 1. The van der Waals surface area contributed by atoms with E-state index in [0.717, 1.165) is 17.2 Å². The van der Waals surface area contributed by atoms with Gasteiger partial charge < -0.3 is 20.1 Å². The van der Waals surface area contributed by atoms with Crippen molar-refractivity contribution in [3.05, 3.63) is 18.2 Å². The van der Waals surface area contributed by atoms with Crippen LogP contribution < -0.4 is 5.32 Å². The van der Waals surface area contributed by atoms with Crippen LogP contribution in [0.15, 0.2) is 12.4 Å². The quantitative estimate of drug-likeness (QED) is 0.741. The van der Waals surface area contributed by atoms with Crippen molar-refractivity contribution >= 4 is 5.91 Å². The zero-order valence-electron chi connectivity index (χ0n) is 12.0. The van der Waals surface area contributed by atoms with Crippen LogP contribution in [0.3, 0.4) is 0 Å². The van der Waals surface area contributed by atoms with Gasteiger partial charge in [0.2, 0.25) is 11.5 Å². The molecule has 0 saturated heterocycles. The molecular weight excluding hydrogens is 303 g/mol. The molecule has 124 valence electrons.